The van der Waals surface area contributed by atoms with Crippen LogP contribution in [0.4, 0.5) is 4.39 Å². The van der Waals surface area contributed by atoms with E-state index in [4.69, 9.17) is 14.6 Å². The first-order chi connectivity index (χ1) is 16.0. The van der Waals surface area contributed by atoms with E-state index in [1.165, 1.54) is 12.1 Å². The second-order valence-electron chi connectivity index (χ2n) is 7.53. The van der Waals surface area contributed by atoms with E-state index in [0.717, 1.165) is 11.3 Å². The third-order valence-corrected chi connectivity index (χ3v) is 5.31. The standard InChI is InChI=1S/C26H24FN3O3/c1-29(16-18-9-11-19(27)12-10-18)26(31)23-17-30(20-7-5-4-6-8-20)28-25(23)22-15-21(32-2)13-14-24(22)33-3/h4-15,17H,16H2,1-3H3. The lowest BCUT2D eigenvalue weighted by atomic mass is 10.1. The van der Waals surface area contributed by atoms with Crippen LogP contribution in [0.5, 0.6) is 11.5 Å². The van der Waals surface area contributed by atoms with Crippen LogP contribution in [0, 0.1) is 5.82 Å². The number of nitrogens with zero attached hydrogens (tertiary/aromatic N) is 3. The molecule has 0 unspecified atom stereocenters. The van der Waals surface area contributed by atoms with Crippen LogP contribution in [0.25, 0.3) is 16.9 Å². The smallest absolute Gasteiger partial charge is 0.257 e. The highest BCUT2D eigenvalue weighted by Crippen LogP contribution is 2.35. The normalized spacial score (nSPS) is 10.7. The molecule has 0 aliphatic carbocycles. The Labute approximate surface area is 191 Å². The molecule has 0 saturated heterocycles. The number of carbonyl (C=O) groups excluding carboxylic acids is 1. The van der Waals surface area contributed by atoms with Gasteiger partial charge in [-0.2, -0.15) is 5.10 Å². The summed E-state index contributed by atoms with van der Waals surface area (Å²) >= 11 is 0. The van der Waals surface area contributed by atoms with E-state index < -0.39 is 0 Å². The van der Waals surface area contributed by atoms with Gasteiger partial charge in [0, 0.05) is 25.4 Å². The molecule has 0 N–H and O–H groups in total. The van der Waals surface area contributed by atoms with Gasteiger partial charge in [0.05, 0.1) is 25.5 Å². The summed E-state index contributed by atoms with van der Waals surface area (Å²) in [4.78, 5) is 15.1. The maximum atomic E-state index is 13.5. The number of ether oxygens (including phenoxy) is 2. The van der Waals surface area contributed by atoms with Crippen LogP contribution in [-0.2, 0) is 6.54 Å². The minimum atomic E-state index is -0.315. The number of methoxy groups -OCH3 is 2. The highest BCUT2D eigenvalue weighted by Gasteiger charge is 2.24. The Morgan fingerprint density at radius 1 is 1.00 bits per heavy atom. The summed E-state index contributed by atoms with van der Waals surface area (Å²) in [5, 5.41) is 4.74. The molecule has 0 radical (unpaired) electrons. The van der Waals surface area contributed by atoms with Gasteiger partial charge in [-0.1, -0.05) is 30.3 Å². The van der Waals surface area contributed by atoms with Crippen molar-refractivity contribution in [2.24, 2.45) is 0 Å². The zero-order chi connectivity index (χ0) is 23.4. The molecule has 0 atom stereocenters. The molecular formula is C26H24FN3O3. The third kappa shape index (κ3) is 4.72. The van der Waals surface area contributed by atoms with Crippen molar-refractivity contribution in [3.05, 3.63) is 95.9 Å². The Balaban J connectivity index is 1.79. The summed E-state index contributed by atoms with van der Waals surface area (Å²) < 4.78 is 25.9. The molecule has 0 spiro atoms. The highest BCUT2D eigenvalue weighted by molar-refractivity contribution is 6.00. The summed E-state index contributed by atoms with van der Waals surface area (Å²) in [5.41, 5.74) is 3.18. The summed E-state index contributed by atoms with van der Waals surface area (Å²) in [7, 11) is 4.86. The molecule has 4 aromatic rings. The minimum Gasteiger partial charge on any atom is -0.497 e. The molecule has 0 bridgehead atoms. The van der Waals surface area contributed by atoms with Crippen LogP contribution in [-0.4, -0.2) is 41.9 Å². The lowest BCUT2D eigenvalue weighted by Crippen LogP contribution is -2.26. The van der Waals surface area contributed by atoms with Crippen molar-refractivity contribution in [1.82, 2.24) is 14.7 Å². The molecule has 168 valence electrons. The van der Waals surface area contributed by atoms with Crippen LogP contribution in [0.1, 0.15) is 15.9 Å². The second kappa shape index (κ2) is 9.56. The van der Waals surface area contributed by atoms with Gasteiger partial charge in [-0.3, -0.25) is 4.79 Å². The first-order valence-corrected chi connectivity index (χ1v) is 10.4. The molecule has 1 aromatic heterocycles. The van der Waals surface area contributed by atoms with Gasteiger partial charge < -0.3 is 14.4 Å². The van der Waals surface area contributed by atoms with Crippen molar-refractivity contribution in [2.75, 3.05) is 21.3 Å². The second-order valence-corrected chi connectivity index (χ2v) is 7.53. The largest absolute Gasteiger partial charge is 0.497 e. The average Bonchev–Trinajstić information content (AvgIpc) is 3.30. The van der Waals surface area contributed by atoms with Crippen LogP contribution in [0.2, 0.25) is 0 Å². The quantitative estimate of drug-likeness (QED) is 0.403. The molecule has 7 heteroatoms. The van der Waals surface area contributed by atoms with Crippen molar-refractivity contribution < 1.29 is 18.7 Å². The van der Waals surface area contributed by atoms with E-state index in [9.17, 15) is 9.18 Å². The molecule has 33 heavy (non-hydrogen) atoms. The van der Waals surface area contributed by atoms with Crippen molar-refractivity contribution in [3.63, 3.8) is 0 Å². The van der Waals surface area contributed by atoms with Gasteiger partial charge in [-0.25, -0.2) is 9.07 Å². The lowest BCUT2D eigenvalue weighted by Gasteiger charge is -2.18. The fraction of sp³-hybridized carbons (Fsp3) is 0.154. The number of hydrogen-bond acceptors (Lipinski definition) is 4. The number of halogens is 1. The fourth-order valence-electron chi connectivity index (χ4n) is 3.58. The molecular weight excluding hydrogens is 421 g/mol. The third-order valence-electron chi connectivity index (χ3n) is 5.31. The number of hydrogen-bond donors (Lipinski definition) is 0. The van der Waals surface area contributed by atoms with Gasteiger partial charge in [0.2, 0.25) is 0 Å². The summed E-state index contributed by atoms with van der Waals surface area (Å²) in [6, 6.07) is 21.0. The molecule has 6 nitrogen and oxygen atoms in total. The zero-order valence-corrected chi connectivity index (χ0v) is 18.7. The summed E-state index contributed by atoms with van der Waals surface area (Å²) in [6.45, 7) is 0.324. The topological polar surface area (TPSA) is 56.6 Å². The van der Waals surface area contributed by atoms with Gasteiger partial charge in [-0.15, -0.1) is 0 Å². The zero-order valence-electron chi connectivity index (χ0n) is 18.7. The van der Waals surface area contributed by atoms with Crippen molar-refractivity contribution in [1.29, 1.82) is 0 Å². The Morgan fingerprint density at radius 3 is 2.39 bits per heavy atom. The lowest BCUT2D eigenvalue weighted by molar-refractivity contribution is 0.0786. The fourth-order valence-corrected chi connectivity index (χ4v) is 3.58. The number of rotatable bonds is 7. The number of benzene rings is 3. The minimum absolute atomic E-state index is 0.221. The molecule has 1 amide bonds. The number of carbonyl (C=O) groups is 1. The maximum Gasteiger partial charge on any atom is 0.257 e. The van der Waals surface area contributed by atoms with E-state index in [1.807, 2.05) is 30.3 Å². The molecule has 0 aliphatic rings. The van der Waals surface area contributed by atoms with Crippen LogP contribution < -0.4 is 9.47 Å². The Morgan fingerprint density at radius 2 is 1.73 bits per heavy atom. The van der Waals surface area contributed by atoms with E-state index in [1.54, 1.807) is 67.4 Å². The highest BCUT2D eigenvalue weighted by atomic mass is 19.1. The summed E-state index contributed by atoms with van der Waals surface area (Å²) in [5.74, 6) is 0.660. The first kappa shape index (κ1) is 22.1. The van der Waals surface area contributed by atoms with Crippen molar-refractivity contribution >= 4 is 5.91 Å². The maximum absolute atomic E-state index is 13.5. The average molecular weight is 445 g/mol. The number of aromatic nitrogens is 2. The predicted molar refractivity (Wildman–Crippen MR) is 124 cm³/mol. The summed E-state index contributed by atoms with van der Waals surface area (Å²) in [6.07, 6.45) is 1.72. The first-order valence-electron chi connectivity index (χ1n) is 10.4. The molecule has 3 aromatic carbocycles. The van der Waals surface area contributed by atoms with E-state index in [0.29, 0.717) is 34.9 Å². The van der Waals surface area contributed by atoms with E-state index in [2.05, 4.69) is 0 Å². The monoisotopic (exact) mass is 445 g/mol. The molecule has 1 heterocycles. The molecule has 4 rings (SSSR count). The van der Waals surface area contributed by atoms with Crippen LogP contribution in [0.3, 0.4) is 0 Å². The number of para-hydroxylation sites is 1. The van der Waals surface area contributed by atoms with Gasteiger partial charge in [0.25, 0.3) is 5.91 Å². The Hall–Kier alpha value is -4.13. The van der Waals surface area contributed by atoms with Gasteiger partial charge in [0.15, 0.2) is 0 Å². The SMILES string of the molecule is COc1ccc(OC)c(-c2nn(-c3ccccc3)cc2C(=O)N(C)Cc2ccc(F)cc2)c1. The van der Waals surface area contributed by atoms with Crippen molar-refractivity contribution in [3.8, 4) is 28.4 Å². The van der Waals surface area contributed by atoms with Crippen LogP contribution in [0.15, 0.2) is 79.0 Å². The Kier molecular flexibility index (Phi) is 6.40. The van der Waals surface area contributed by atoms with E-state index >= 15 is 0 Å². The molecule has 0 saturated carbocycles. The van der Waals surface area contributed by atoms with Gasteiger partial charge in [-0.05, 0) is 48.0 Å². The molecule has 0 aliphatic heterocycles. The Bertz CT molecular complexity index is 1250. The van der Waals surface area contributed by atoms with E-state index in [-0.39, 0.29) is 11.7 Å². The number of amides is 1. The van der Waals surface area contributed by atoms with Crippen LogP contribution >= 0.6 is 0 Å². The van der Waals surface area contributed by atoms with Gasteiger partial charge in [0.1, 0.15) is 23.0 Å². The predicted octanol–water partition coefficient (Wildman–Crippen LogP) is 4.97. The van der Waals surface area contributed by atoms with Gasteiger partial charge >= 0.3 is 0 Å². The molecule has 0 fully saturated rings. The van der Waals surface area contributed by atoms with Crippen molar-refractivity contribution in [2.45, 2.75) is 6.54 Å².